The standard InChI is InChI=1S/C13H25NO2S/c1-14-13(11-7-3-2-4-8-11)12-9-5-6-10-17(12,15)16/h11-14H,2-10H2,1H3. The maximum absolute atomic E-state index is 12.2. The molecule has 2 atom stereocenters. The molecule has 1 heterocycles. The number of sulfone groups is 1. The minimum absolute atomic E-state index is 0.121. The van der Waals surface area contributed by atoms with Crippen molar-refractivity contribution in [1.29, 1.82) is 0 Å². The summed E-state index contributed by atoms with van der Waals surface area (Å²) in [5.74, 6) is 0.981. The van der Waals surface area contributed by atoms with Crippen molar-refractivity contribution < 1.29 is 8.42 Å². The Bertz CT molecular complexity index is 333. The van der Waals surface area contributed by atoms with Gasteiger partial charge in [0.25, 0.3) is 0 Å². The average molecular weight is 259 g/mol. The lowest BCUT2D eigenvalue weighted by atomic mass is 9.81. The summed E-state index contributed by atoms with van der Waals surface area (Å²) in [4.78, 5) is 0. The summed E-state index contributed by atoms with van der Waals surface area (Å²) in [7, 11) is -0.913. The molecular weight excluding hydrogens is 234 g/mol. The number of hydrogen-bond acceptors (Lipinski definition) is 3. The van der Waals surface area contributed by atoms with E-state index in [-0.39, 0.29) is 11.3 Å². The van der Waals surface area contributed by atoms with Crippen LogP contribution in [0.1, 0.15) is 51.4 Å². The second kappa shape index (κ2) is 5.70. The topological polar surface area (TPSA) is 46.2 Å². The second-order valence-corrected chi connectivity index (χ2v) is 7.95. The second-order valence-electron chi connectivity index (χ2n) is 5.61. The normalized spacial score (nSPS) is 32.2. The van der Waals surface area contributed by atoms with E-state index in [1.807, 2.05) is 7.05 Å². The Morgan fingerprint density at radius 1 is 1.00 bits per heavy atom. The van der Waals surface area contributed by atoms with Crippen LogP contribution in [0.4, 0.5) is 0 Å². The van der Waals surface area contributed by atoms with Gasteiger partial charge >= 0.3 is 0 Å². The first-order chi connectivity index (χ1) is 8.15. The summed E-state index contributed by atoms with van der Waals surface area (Å²) in [5.41, 5.74) is 0. The Balaban J connectivity index is 2.10. The molecule has 1 saturated heterocycles. The lowest BCUT2D eigenvalue weighted by Gasteiger charge is -2.37. The average Bonchev–Trinajstić information content (AvgIpc) is 2.33. The maximum atomic E-state index is 12.2. The third-order valence-corrected chi connectivity index (χ3v) is 6.83. The summed E-state index contributed by atoms with van der Waals surface area (Å²) < 4.78 is 24.4. The van der Waals surface area contributed by atoms with Crippen molar-refractivity contribution in [3.63, 3.8) is 0 Å². The Hall–Kier alpha value is -0.0900. The largest absolute Gasteiger partial charge is 0.315 e. The monoisotopic (exact) mass is 259 g/mol. The summed E-state index contributed by atoms with van der Waals surface area (Å²) in [6.07, 6.45) is 9.09. The lowest BCUT2D eigenvalue weighted by molar-refractivity contribution is 0.262. The van der Waals surface area contributed by atoms with Gasteiger partial charge in [0.05, 0.1) is 11.0 Å². The zero-order chi connectivity index (χ0) is 12.3. The van der Waals surface area contributed by atoms with Crippen molar-refractivity contribution >= 4 is 9.84 Å². The van der Waals surface area contributed by atoms with Gasteiger partial charge in [-0.1, -0.05) is 25.7 Å². The van der Waals surface area contributed by atoms with Crippen LogP contribution in [0.3, 0.4) is 0 Å². The summed E-state index contributed by atoms with van der Waals surface area (Å²) in [6, 6.07) is 0.195. The van der Waals surface area contributed by atoms with Crippen LogP contribution < -0.4 is 5.32 Å². The molecule has 17 heavy (non-hydrogen) atoms. The molecule has 2 aliphatic rings. The third-order valence-electron chi connectivity index (χ3n) is 4.52. The van der Waals surface area contributed by atoms with Gasteiger partial charge in [-0.25, -0.2) is 8.42 Å². The van der Waals surface area contributed by atoms with Gasteiger partial charge in [0.15, 0.2) is 9.84 Å². The number of nitrogens with one attached hydrogen (secondary N) is 1. The molecule has 0 bridgehead atoms. The summed E-state index contributed by atoms with van der Waals surface area (Å²) >= 11 is 0. The first-order valence-electron chi connectivity index (χ1n) is 7.04. The highest BCUT2D eigenvalue weighted by Gasteiger charge is 2.38. The molecular formula is C13H25NO2S. The fraction of sp³-hybridized carbons (Fsp3) is 1.00. The molecule has 2 unspecified atom stereocenters. The van der Waals surface area contributed by atoms with E-state index in [4.69, 9.17) is 0 Å². The number of hydrogen-bond donors (Lipinski definition) is 1. The van der Waals surface area contributed by atoms with Crippen LogP contribution in [-0.2, 0) is 9.84 Å². The minimum Gasteiger partial charge on any atom is -0.315 e. The molecule has 0 aromatic carbocycles. The maximum Gasteiger partial charge on any atom is 0.154 e. The van der Waals surface area contributed by atoms with Gasteiger partial charge in [-0.3, -0.25) is 0 Å². The quantitative estimate of drug-likeness (QED) is 0.844. The van der Waals surface area contributed by atoms with E-state index in [1.54, 1.807) is 0 Å². The molecule has 3 nitrogen and oxygen atoms in total. The zero-order valence-electron chi connectivity index (χ0n) is 10.8. The predicted molar refractivity (Wildman–Crippen MR) is 70.8 cm³/mol. The van der Waals surface area contributed by atoms with E-state index in [1.165, 1.54) is 32.1 Å². The van der Waals surface area contributed by atoms with E-state index < -0.39 is 9.84 Å². The predicted octanol–water partition coefficient (Wildman–Crippen LogP) is 2.12. The Labute approximate surface area is 105 Å². The molecule has 100 valence electrons. The first-order valence-corrected chi connectivity index (χ1v) is 8.75. The van der Waals surface area contributed by atoms with E-state index in [0.29, 0.717) is 11.7 Å². The summed E-state index contributed by atoms with van der Waals surface area (Å²) in [5, 5.41) is 3.20. The molecule has 1 aliphatic heterocycles. The van der Waals surface area contributed by atoms with Gasteiger partial charge in [0.1, 0.15) is 0 Å². The Morgan fingerprint density at radius 2 is 1.65 bits per heavy atom. The molecule has 0 aromatic rings. The first kappa shape index (κ1) is 13.3. The highest BCUT2D eigenvalue weighted by Crippen LogP contribution is 2.33. The smallest absolute Gasteiger partial charge is 0.154 e. The van der Waals surface area contributed by atoms with Crippen LogP contribution in [0.2, 0.25) is 0 Å². The van der Waals surface area contributed by atoms with Crippen molar-refractivity contribution in [3.8, 4) is 0 Å². The van der Waals surface area contributed by atoms with Gasteiger partial charge in [-0.05, 0) is 38.6 Å². The minimum atomic E-state index is -2.85. The molecule has 0 radical (unpaired) electrons. The summed E-state index contributed by atoms with van der Waals surface area (Å²) in [6.45, 7) is 0. The van der Waals surface area contributed by atoms with Gasteiger partial charge in [0.2, 0.25) is 0 Å². The van der Waals surface area contributed by atoms with Gasteiger partial charge < -0.3 is 5.32 Å². The molecule has 4 heteroatoms. The van der Waals surface area contributed by atoms with Crippen molar-refractivity contribution in [2.75, 3.05) is 12.8 Å². The van der Waals surface area contributed by atoms with Crippen LogP contribution in [0, 0.1) is 5.92 Å². The highest BCUT2D eigenvalue weighted by atomic mass is 32.2. The van der Waals surface area contributed by atoms with Crippen LogP contribution in [0.25, 0.3) is 0 Å². The van der Waals surface area contributed by atoms with Gasteiger partial charge in [-0.2, -0.15) is 0 Å². The molecule has 0 aromatic heterocycles. The van der Waals surface area contributed by atoms with Crippen molar-refractivity contribution in [1.82, 2.24) is 5.32 Å². The molecule has 0 amide bonds. The van der Waals surface area contributed by atoms with Crippen LogP contribution >= 0.6 is 0 Å². The molecule has 1 aliphatic carbocycles. The van der Waals surface area contributed by atoms with Crippen molar-refractivity contribution in [2.24, 2.45) is 5.92 Å². The van der Waals surface area contributed by atoms with Gasteiger partial charge in [-0.15, -0.1) is 0 Å². The Kier molecular flexibility index (Phi) is 4.47. The number of rotatable bonds is 3. The lowest BCUT2D eigenvalue weighted by Crippen LogP contribution is -2.50. The SMILES string of the molecule is CNC(C1CCCCC1)C1CCCCS1(=O)=O. The van der Waals surface area contributed by atoms with Gasteiger partial charge in [0, 0.05) is 6.04 Å². The molecule has 0 spiro atoms. The zero-order valence-corrected chi connectivity index (χ0v) is 11.6. The third kappa shape index (κ3) is 3.02. The van der Waals surface area contributed by atoms with Crippen molar-refractivity contribution in [2.45, 2.75) is 62.7 Å². The van der Waals surface area contributed by atoms with Crippen LogP contribution in [-0.4, -0.2) is 32.5 Å². The molecule has 1 saturated carbocycles. The van der Waals surface area contributed by atoms with E-state index in [0.717, 1.165) is 19.3 Å². The molecule has 2 rings (SSSR count). The van der Waals surface area contributed by atoms with E-state index in [2.05, 4.69) is 5.32 Å². The van der Waals surface area contributed by atoms with E-state index >= 15 is 0 Å². The fourth-order valence-electron chi connectivity index (χ4n) is 3.60. The van der Waals surface area contributed by atoms with E-state index in [9.17, 15) is 8.42 Å². The Morgan fingerprint density at radius 3 is 2.24 bits per heavy atom. The fourth-order valence-corrected chi connectivity index (χ4v) is 5.84. The van der Waals surface area contributed by atoms with Crippen molar-refractivity contribution in [3.05, 3.63) is 0 Å². The molecule has 1 N–H and O–H groups in total. The highest BCUT2D eigenvalue weighted by molar-refractivity contribution is 7.92. The van der Waals surface area contributed by atoms with Crippen LogP contribution in [0.15, 0.2) is 0 Å². The molecule has 2 fully saturated rings. The van der Waals surface area contributed by atoms with Crippen LogP contribution in [0.5, 0.6) is 0 Å².